The van der Waals surface area contributed by atoms with Crippen molar-refractivity contribution >= 4 is 49.3 Å². The number of benzene rings is 9. The number of aryl methyl sites for hydroxylation is 3. The molecule has 0 radical (unpaired) electrons. The van der Waals surface area contributed by atoms with Crippen molar-refractivity contribution in [2.75, 3.05) is 0 Å². The minimum atomic E-state index is -4.60. The summed E-state index contributed by atoms with van der Waals surface area (Å²) in [4.78, 5) is 4.17. The molecule has 0 unspecified atom stereocenters. The molecule has 2 heterocycles. The second kappa shape index (κ2) is 15.3. The van der Waals surface area contributed by atoms with Gasteiger partial charge in [-0.15, -0.1) is 0 Å². The van der Waals surface area contributed by atoms with E-state index in [0.717, 1.165) is 83.3 Å². The lowest BCUT2D eigenvalue weighted by atomic mass is 9.90. The van der Waals surface area contributed by atoms with Crippen LogP contribution in [0.15, 0.2) is 188 Å². The molecule has 0 spiro atoms. The van der Waals surface area contributed by atoms with Crippen molar-refractivity contribution < 1.29 is 13.2 Å². The van der Waals surface area contributed by atoms with Crippen LogP contribution in [0.1, 0.15) is 22.3 Å². The molecule has 0 aliphatic carbocycles. The zero-order valence-corrected chi connectivity index (χ0v) is 35.9. The predicted molar refractivity (Wildman–Crippen MR) is 262 cm³/mol. The molecule has 0 saturated heterocycles. The maximum absolute atomic E-state index is 14.9. The summed E-state index contributed by atoms with van der Waals surface area (Å²) in [6.07, 6.45) is -4.60. The summed E-state index contributed by atoms with van der Waals surface area (Å²) in [5.41, 5.74) is 14.0. The topological polar surface area (TPSA) is 14.2 Å². The van der Waals surface area contributed by atoms with E-state index in [4.69, 9.17) is 6.57 Å². The minimum absolute atomic E-state index is 0.111. The molecule has 3 nitrogen and oxygen atoms in total. The van der Waals surface area contributed by atoms with Crippen LogP contribution in [-0.4, -0.2) is 9.13 Å². The van der Waals surface area contributed by atoms with Gasteiger partial charge in [0.2, 0.25) is 0 Å². The van der Waals surface area contributed by atoms with Gasteiger partial charge in [0.25, 0.3) is 0 Å². The maximum atomic E-state index is 14.9. The smallest absolute Gasteiger partial charge is 0.310 e. The second-order valence-corrected chi connectivity index (χ2v) is 16.8. The fourth-order valence-corrected chi connectivity index (χ4v) is 10.1. The molecule has 0 N–H and O–H groups in total. The van der Waals surface area contributed by atoms with E-state index in [2.05, 4.69) is 125 Å². The third-order valence-corrected chi connectivity index (χ3v) is 13.0. The van der Waals surface area contributed by atoms with Gasteiger partial charge in [-0.3, -0.25) is 0 Å². The Morgan fingerprint density at radius 1 is 0.400 bits per heavy atom. The van der Waals surface area contributed by atoms with Crippen LogP contribution in [0.2, 0.25) is 0 Å². The van der Waals surface area contributed by atoms with E-state index in [1.165, 1.54) is 17.2 Å². The molecule has 6 heteroatoms. The lowest BCUT2D eigenvalue weighted by Gasteiger charge is -2.22. The Morgan fingerprint density at radius 3 is 1.46 bits per heavy atom. The quantitative estimate of drug-likeness (QED) is 0.148. The second-order valence-electron chi connectivity index (χ2n) is 16.8. The number of para-hydroxylation sites is 2. The van der Waals surface area contributed by atoms with Gasteiger partial charge in [-0.25, -0.2) is 4.85 Å². The van der Waals surface area contributed by atoms with Gasteiger partial charge in [0.05, 0.1) is 39.9 Å². The number of rotatable bonds is 6. The Balaban J connectivity index is 1.25. The number of hydrogen-bond acceptors (Lipinski definition) is 0. The highest BCUT2D eigenvalue weighted by atomic mass is 19.4. The first kappa shape index (κ1) is 39.7. The highest BCUT2D eigenvalue weighted by Crippen LogP contribution is 2.48. The van der Waals surface area contributed by atoms with Gasteiger partial charge in [0.1, 0.15) is 0 Å². The molecule has 65 heavy (non-hydrogen) atoms. The summed E-state index contributed by atoms with van der Waals surface area (Å²) >= 11 is 0. The number of aromatic nitrogens is 2. The van der Waals surface area contributed by atoms with Crippen LogP contribution in [-0.2, 0) is 6.18 Å². The highest BCUT2D eigenvalue weighted by Gasteiger charge is 2.35. The zero-order valence-electron chi connectivity index (χ0n) is 35.9. The number of alkyl halides is 3. The lowest BCUT2D eigenvalue weighted by molar-refractivity contribution is -0.137. The average Bonchev–Trinajstić information content (AvgIpc) is 3.83. The molecule has 0 aliphatic heterocycles. The van der Waals surface area contributed by atoms with E-state index in [1.807, 2.05) is 66.7 Å². The molecule has 11 aromatic rings. The van der Waals surface area contributed by atoms with Gasteiger partial charge in [-0.1, -0.05) is 127 Å². The van der Waals surface area contributed by atoms with Crippen molar-refractivity contribution in [1.82, 2.24) is 9.13 Å². The molecule has 2 aromatic heterocycles. The molecule has 0 amide bonds. The van der Waals surface area contributed by atoms with Gasteiger partial charge < -0.3 is 9.13 Å². The molecular weight excluding hydrogens is 808 g/mol. The van der Waals surface area contributed by atoms with Gasteiger partial charge in [-0.2, -0.15) is 13.2 Å². The summed E-state index contributed by atoms with van der Waals surface area (Å²) < 4.78 is 49.3. The average molecular weight is 848 g/mol. The first-order valence-corrected chi connectivity index (χ1v) is 21.6. The van der Waals surface area contributed by atoms with Gasteiger partial charge >= 0.3 is 6.18 Å². The largest absolute Gasteiger partial charge is 0.417 e. The highest BCUT2D eigenvalue weighted by molar-refractivity contribution is 6.13. The minimum Gasteiger partial charge on any atom is -0.310 e. The molecule has 0 atom stereocenters. The third-order valence-electron chi connectivity index (χ3n) is 13.0. The van der Waals surface area contributed by atoms with Gasteiger partial charge in [0.15, 0.2) is 5.69 Å². The van der Waals surface area contributed by atoms with E-state index in [9.17, 15) is 13.2 Å². The number of halogens is 3. The van der Waals surface area contributed by atoms with Gasteiger partial charge in [-0.05, 0) is 137 Å². The Hall–Kier alpha value is -8.14. The fraction of sp³-hybridized carbons (Fsp3) is 0.0678. The van der Waals surface area contributed by atoms with E-state index < -0.39 is 11.7 Å². The van der Waals surface area contributed by atoms with Crippen molar-refractivity contribution in [1.29, 1.82) is 0 Å². The SMILES string of the molecule is [C-]#[N+]c1cccc(-n2c3ccccc3c3cc(-c4ccccc4C)ccc32)c1-c1cc(-c2c(C)cccc2C(F)(F)F)ccc1-n1c2ccccc2c2cc(-c3ccccc3C)ccc21. The van der Waals surface area contributed by atoms with Crippen LogP contribution in [0.4, 0.5) is 18.9 Å². The Kier molecular flexibility index (Phi) is 9.34. The van der Waals surface area contributed by atoms with Crippen molar-refractivity contribution in [2.24, 2.45) is 0 Å². The number of hydrogen-bond donors (Lipinski definition) is 0. The normalized spacial score (nSPS) is 11.8. The standard InChI is InChI=1S/C59H40F3N3/c1-36-15-5-7-18-42(36)39-27-30-53-46(33-39)44-20-9-11-24-51(44)64(53)55-32-29-41(57-38(3)17-13-22-49(57)59(60,61)62)35-48(55)58-50(63-4)23-14-26-56(58)65-52-25-12-10-21-45(52)47-34-40(28-31-54(47)65)43-19-8-6-16-37(43)2/h5-35H,1-3H3. The summed E-state index contributed by atoms with van der Waals surface area (Å²) in [7, 11) is 0. The Bertz CT molecular complexity index is 3760. The van der Waals surface area contributed by atoms with Crippen LogP contribution in [0, 0.1) is 27.3 Å². The lowest BCUT2D eigenvalue weighted by Crippen LogP contribution is -2.08. The molecule has 0 fully saturated rings. The fourth-order valence-electron chi connectivity index (χ4n) is 10.1. The number of fused-ring (bicyclic) bond motifs is 6. The molecule has 0 saturated carbocycles. The van der Waals surface area contributed by atoms with Crippen LogP contribution >= 0.6 is 0 Å². The number of nitrogens with zero attached hydrogens (tertiary/aromatic N) is 3. The van der Waals surface area contributed by atoms with Crippen LogP contribution in [0.5, 0.6) is 0 Å². The van der Waals surface area contributed by atoms with Crippen LogP contribution in [0.3, 0.4) is 0 Å². The Labute approximate surface area is 374 Å². The summed E-state index contributed by atoms with van der Waals surface area (Å²) in [5.74, 6) is 0. The molecule has 9 aromatic carbocycles. The summed E-state index contributed by atoms with van der Waals surface area (Å²) in [5, 5.41) is 4.18. The maximum Gasteiger partial charge on any atom is 0.417 e. The zero-order chi connectivity index (χ0) is 44.6. The third kappa shape index (κ3) is 6.42. The van der Waals surface area contributed by atoms with E-state index >= 15 is 0 Å². The van der Waals surface area contributed by atoms with Crippen LogP contribution < -0.4 is 0 Å². The van der Waals surface area contributed by atoms with Crippen molar-refractivity contribution in [3.8, 4) is 55.9 Å². The van der Waals surface area contributed by atoms with Crippen molar-refractivity contribution in [3.05, 3.63) is 222 Å². The first-order chi connectivity index (χ1) is 31.6. The predicted octanol–water partition coefficient (Wildman–Crippen LogP) is 17.0. The molecule has 312 valence electrons. The van der Waals surface area contributed by atoms with Crippen molar-refractivity contribution in [2.45, 2.75) is 26.9 Å². The van der Waals surface area contributed by atoms with E-state index in [1.54, 1.807) is 19.1 Å². The van der Waals surface area contributed by atoms with Crippen LogP contribution in [0.25, 0.3) is 104 Å². The van der Waals surface area contributed by atoms with Crippen molar-refractivity contribution in [3.63, 3.8) is 0 Å². The van der Waals surface area contributed by atoms with Gasteiger partial charge in [0, 0.05) is 32.8 Å². The Morgan fingerprint density at radius 2 is 0.892 bits per heavy atom. The summed E-state index contributed by atoms with van der Waals surface area (Å²) in [6, 6.07) is 61.9. The monoisotopic (exact) mass is 847 g/mol. The van der Waals surface area contributed by atoms with E-state index in [0.29, 0.717) is 27.9 Å². The van der Waals surface area contributed by atoms with E-state index in [-0.39, 0.29) is 5.56 Å². The molecule has 0 aliphatic rings. The summed E-state index contributed by atoms with van der Waals surface area (Å²) in [6.45, 7) is 14.6. The molecular formula is C59H40F3N3. The molecule has 0 bridgehead atoms. The molecule has 11 rings (SSSR count). The first-order valence-electron chi connectivity index (χ1n) is 21.6.